The van der Waals surface area contributed by atoms with Gasteiger partial charge in [0.25, 0.3) is 0 Å². The molecule has 1 aromatic rings. The summed E-state index contributed by atoms with van der Waals surface area (Å²) in [5.74, 6) is 0.848. The number of aliphatic hydroxyl groups excluding tert-OH is 1. The van der Waals surface area contributed by atoms with Gasteiger partial charge in [-0.2, -0.15) is 0 Å². The van der Waals surface area contributed by atoms with Crippen molar-refractivity contribution in [2.24, 2.45) is 0 Å². The van der Waals surface area contributed by atoms with Gasteiger partial charge in [-0.1, -0.05) is 18.5 Å². The maximum Gasteiger partial charge on any atom is 0.128 e. The molecular formula is C10H15ClN2O. The van der Waals surface area contributed by atoms with Gasteiger partial charge in [0.15, 0.2) is 0 Å². The zero-order valence-electron chi connectivity index (χ0n) is 8.50. The molecule has 0 amide bonds. The standard InChI is InChI=1S/C10H15ClN2O/c1-3-6-13(2)10-5-4-8(11)9(7-14)12-10/h4-5,14H,3,6-7H2,1-2H3. The van der Waals surface area contributed by atoms with E-state index in [1.54, 1.807) is 6.07 Å². The maximum absolute atomic E-state index is 8.99. The molecule has 0 saturated carbocycles. The molecule has 1 heterocycles. The summed E-state index contributed by atoms with van der Waals surface area (Å²) in [5, 5.41) is 9.50. The van der Waals surface area contributed by atoms with E-state index in [2.05, 4.69) is 11.9 Å². The summed E-state index contributed by atoms with van der Waals surface area (Å²) in [7, 11) is 1.97. The van der Waals surface area contributed by atoms with Crippen molar-refractivity contribution in [2.45, 2.75) is 20.0 Å². The molecule has 0 saturated heterocycles. The van der Waals surface area contributed by atoms with Crippen LogP contribution in [0.5, 0.6) is 0 Å². The number of anilines is 1. The van der Waals surface area contributed by atoms with E-state index in [0.29, 0.717) is 10.7 Å². The van der Waals surface area contributed by atoms with E-state index in [0.717, 1.165) is 18.8 Å². The molecule has 0 fully saturated rings. The zero-order valence-corrected chi connectivity index (χ0v) is 9.25. The second-order valence-electron chi connectivity index (χ2n) is 3.18. The molecule has 0 atom stereocenters. The van der Waals surface area contributed by atoms with Crippen LogP contribution in [0.25, 0.3) is 0 Å². The fourth-order valence-corrected chi connectivity index (χ4v) is 1.41. The third-order valence-electron chi connectivity index (χ3n) is 2.00. The molecule has 0 aromatic carbocycles. The first-order valence-corrected chi connectivity index (χ1v) is 5.04. The highest BCUT2D eigenvalue weighted by atomic mass is 35.5. The highest BCUT2D eigenvalue weighted by molar-refractivity contribution is 6.31. The molecule has 4 heteroatoms. The van der Waals surface area contributed by atoms with Gasteiger partial charge >= 0.3 is 0 Å². The first kappa shape index (κ1) is 11.3. The Bertz CT molecular complexity index is 304. The first-order valence-electron chi connectivity index (χ1n) is 4.66. The summed E-state index contributed by atoms with van der Waals surface area (Å²) in [5.41, 5.74) is 0.534. The molecule has 1 rings (SSSR count). The molecule has 14 heavy (non-hydrogen) atoms. The van der Waals surface area contributed by atoms with E-state index >= 15 is 0 Å². The Kier molecular flexibility index (Phi) is 4.17. The van der Waals surface area contributed by atoms with Gasteiger partial charge in [-0.05, 0) is 18.6 Å². The van der Waals surface area contributed by atoms with Gasteiger partial charge in [0.1, 0.15) is 5.82 Å². The lowest BCUT2D eigenvalue weighted by Crippen LogP contribution is -2.19. The predicted octanol–water partition coefficient (Wildman–Crippen LogP) is 2.07. The second-order valence-corrected chi connectivity index (χ2v) is 3.58. The van der Waals surface area contributed by atoms with Crippen LogP contribution in [-0.4, -0.2) is 23.7 Å². The predicted molar refractivity (Wildman–Crippen MR) is 58.7 cm³/mol. The van der Waals surface area contributed by atoms with Crippen molar-refractivity contribution < 1.29 is 5.11 Å². The zero-order chi connectivity index (χ0) is 10.6. The number of rotatable bonds is 4. The van der Waals surface area contributed by atoms with Gasteiger partial charge in [0, 0.05) is 13.6 Å². The van der Waals surface area contributed by atoms with Crippen LogP contribution >= 0.6 is 11.6 Å². The molecule has 0 spiro atoms. The van der Waals surface area contributed by atoms with Crippen molar-refractivity contribution in [1.29, 1.82) is 0 Å². The van der Waals surface area contributed by atoms with E-state index in [-0.39, 0.29) is 6.61 Å². The highest BCUT2D eigenvalue weighted by Gasteiger charge is 2.05. The molecule has 0 radical (unpaired) electrons. The normalized spacial score (nSPS) is 10.3. The van der Waals surface area contributed by atoms with Crippen LogP contribution in [0.3, 0.4) is 0 Å². The molecule has 0 aliphatic rings. The number of aromatic nitrogens is 1. The monoisotopic (exact) mass is 214 g/mol. The number of hydrogen-bond acceptors (Lipinski definition) is 3. The van der Waals surface area contributed by atoms with Crippen LogP contribution in [0.15, 0.2) is 12.1 Å². The minimum atomic E-state index is -0.118. The molecular weight excluding hydrogens is 200 g/mol. The van der Waals surface area contributed by atoms with E-state index < -0.39 is 0 Å². The summed E-state index contributed by atoms with van der Waals surface area (Å²) in [4.78, 5) is 6.29. The van der Waals surface area contributed by atoms with Crippen LogP contribution in [0, 0.1) is 0 Å². The number of pyridine rings is 1. The average molecular weight is 215 g/mol. The molecule has 3 nitrogen and oxygen atoms in total. The Balaban J connectivity index is 2.88. The van der Waals surface area contributed by atoms with Crippen molar-refractivity contribution in [3.8, 4) is 0 Å². The van der Waals surface area contributed by atoms with Crippen molar-refractivity contribution in [2.75, 3.05) is 18.5 Å². The Morgan fingerprint density at radius 3 is 2.79 bits per heavy atom. The molecule has 0 unspecified atom stereocenters. The van der Waals surface area contributed by atoms with Gasteiger partial charge in [0.2, 0.25) is 0 Å². The van der Waals surface area contributed by atoms with Gasteiger partial charge in [-0.3, -0.25) is 0 Å². The minimum Gasteiger partial charge on any atom is -0.390 e. The van der Waals surface area contributed by atoms with Crippen molar-refractivity contribution >= 4 is 17.4 Å². The number of nitrogens with zero attached hydrogens (tertiary/aromatic N) is 2. The lowest BCUT2D eigenvalue weighted by atomic mass is 10.3. The lowest BCUT2D eigenvalue weighted by Gasteiger charge is -2.17. The van der Waals surface area contributed by atoms with Crippen LogP contribution in [0.4, 0.5) is 5.82 Å². The molecule has 0 aliphatic heterocycles. The Morgan fingerprint density at radius 2 is 2.21 bits per heavy atom. The fourth-order valence-electron chi connectivity index (χ4n) is 1.25. The van der Waals surface area contributed by atoms with Gasteiger partial charge in [-0.25, -0.2) is 4.98 Å². The summed E-state index contributed by atoms with van der Waals surface area (Å²) in [6.45, 7) is 2.94. The smallest absolute Gasteiger partial charge is 0.128 e. The van der Waals surface area contributed by atoms with Crippen LogP contribution in [-0.2, 0) is 6.61 Å². The van der Waals surface area contributed by atoms with Crippen molar-refractivity contribution in [1.82, 2.24) is 4.98 Å². The largest absolute Gasteiger partial charge is 0.390 e. The number of hydrogen-bond donors (Lipinski definition) is 1. The number of halogens is 1. The van der Waals surface area contributed by atoms with E-state index in [1.165, 1.54) is 0 Å². The first-order chi connectivity index (χ1) is 6.69. The topological polar surface area (TPSA) is 36.4 Å². The third-order valence-corrected chi connectivity index (χ3v) is 2.35. The molecule has 1 aromatic heterocycles. The van der Waals surface area contributed by atoms with Gasteiger partial charge in [-0.15, -0.1) is 0 Å². The lowest BCUT2D eigenvalue weighted by molar-refractivity contribution is 0.277. The van der Waals surface area contributed by atoms with Crippen molar-refractivity contribution in [3.63, 3.8) is 0 Å². The second kappa shape index (κ2) is 5.17. The summed E-state index contributed by atoms with van der Waals surface area (Å²) >= 11 is 5.84. The van der Waals surface area contributed by atoms with E-state index in [1.807, 2.05) is 18.0 Å². The van der Waals surface area contributed by atoms with Gasteiger partial charge in [0.05, 0.1) is 17.3 Å². The molecule has 0 aliphatic carbocycles. The average Bonchev–Trinajstić information content (AvgIpc) is 2.19. The molecule has 1 N–H and O–H groups in total. The summed E-state index contributed by atoms with van der Waals surface area (Å²) < 4.78 is 0. The Morgan fingerprint density at radius 1 is 1.50 bits per heavy atom. The minimum absolute atomic E-state index is 0.118. The Labute approximate surface area is 89.3 Å². The summed E-state index contributed by atoms with van der Waals surface area (Å²) in [6, 6.07) is 3.62. The quantitative estimate of drug-likeness (QED) is 0.834. The molecule has 78 valence electrons. The van der Waals surface area contributed by atoms with E-state index in [9.17, 15) is 0 Å². The third kappa shape index (κ3) is 2.59. The van der Waals surface area contributed by atoms with Crippen LogP contribution in [0.2, 0.25) is 5.02 Å². The van der Waals surface area contributed by atoms with Gasteiger partial charge < -0.3 is 10.0 Å². The fraction of sp³-hybridized carbons (Fsp3) is 0.500. The maximum atomic E-state index is 8.99. The molecule has 0 bridgehead atoms. The van der Waals surface area contributed by atoms with Crippen LogP contribution < -0.4 is 4.90 Å². The Hall–Kier alpha value is -0.800. The number of aliphatic hydroxyl groups is 1. The SMILES string of the molecule is CCCN(C)c1ccc(Cl)c(CO)n1. The van der Waals surface area contributed by atoms with Crippen molar-refractivity contribution in [3.05, 3.63) is 22.8 Å². The van der Waals surface area contributed by atoms with Crippen LogP contribution in [0.1, 0.15) is 19.0 Å². The summed E-state index contributed by atoms with van der Waals surface area (Å²) in [6.07, 6.45) is 1.06. The van der Waals surface area contributed by atoms with E-state index in [4.69, 9.17) is 16.7 Å². The highest BCUT2D eigenvalue weighted by Crippen LogP contribution is 2.18.